The summed E-state index contributed by atoms with van der Waals surface area (Å²) >= 11 is 0. The van der Waals surface area contributed by atoms with E-state index in [0.29, 0.717) is 13.2 Å². The van der Waals surface area contributed by atoms with Crippen LogP contribution in [0.3, 0.4) is 0 Å². The molecule has 1 atom stereocenters. The summed E-state index contributed by atoms with van der Waals surface area (Å²) in [6.45, 7) is 3.32. The van der Waals surface area contributed by atoms with Crippen molar-refractivity contribution in [3.8, 4) is 11.5 Å². The van der Waals surface area contributed by atoms with Gasteiger partial charge in [0.1, 0.15) is 13.2 Å². The molecular weight excluding hydrogens is 264 g/mol. The van der Waals surface area contributed by atoms with Gasteiger partial charge >= 0.3 is 0 Å². The molecule has 0 saturated carbocycles. The number of hydrazine groups is 1. The Labute approximate surface area is 124 Å². The molecule has 0 aromatic heterocycles. The van der Waals surface area contributed by atoms with E-state index in [1.807, 2.05) is 24.3 Å². The average Bonchev–Trinajstić information content (AvgIpc) is 2.54. The first-order valence-electron chi connectivity index (χ1n) is 7.18. The lowest BCUT2D eigenvalue weighted by Crippen LogP contribution is -2.30. The fourth-order valence-electron chi connectivity index (χ4n) is 2.61. The van der Waals surface area contributed by atoms with Crippen LogP contribution in [0.4, 0.5) is 0 Å². The largest absolute Gasteiger partial charge is 0.486 e. The van der Waals surface area contributed by atoms with E-state index in [4.69, 9.17) is 15.3 Å². The molecule has 2 aromatic rings. The van der Waals surface area contributed by atoms with Gasteiger partial charge in [0, 0.05) is 0 Å². The maximum Gasteiger partial charge on any atom is 0.161 e. The summed E-state index contributed by atoms with van der Waals surface area (Å²) in [5, 5.41) is 0. The molecule has 21 heavy (non-hydrogen) atoms. The first-order valence-corrected chi connectivity index (χ1v) is 7.18. The summed E-state index contributed by atoms with van der Waals surface area (Å²) in [6, 6.07) is 14.4. The molecular formula is C17H20N2O2. The quantitative estimate of drug-likeness (QED) is 0.669. The Morgan fingerprint density at radius 1 is 1.10 bits per heavy atom. The van der Waals surface area contributed by atoms with Crippen LogP contribution in [0.25, 0.3) is 0 Å². The van der Waals surface area contributed by atoms with Crippen molar-refractivity contribution in [1.82, 2.24) is 5.43 Å². The van der Waals surface area contributed by atoms with Crippen LogP contribution in [0.5, 0.6) is 11.5 Å². The van der Waals surface area contributed by atoms with E-state index < -0.39 is 0 Å². The molecule has 110 valence electrons. The SMILES string of the molecule is Cc1ccccc1CC(NN)c1ccc2c(c1)OCCO2. The van der Waals surface area contributed by atoms with Crippen molar-refractivity contribution in [2.24, 2.45) is 5.84 Å². The molecule has 0 radical (unpaired) electrons. The highest BCUT2D eigenvalue weighted by molar-refractivity contribution is 5.45. The monoisotopic (exact) mass is 284 g/mol. The minimum Gasteiger partial charge on any atom is -0.486 e. The van der Waals surface area contributed by atoms with Gasteiger partial charge in [-0.25, -0.2) is 0 Å². The molecule has 0 aliphatic carbocycles. The van der Waals surface area contributed by atoms with Crippen molar-refractivity contribution < 1.29 is 9.47 Å². The van der Waals surface area contributed by atoms with Crippen LogP contribution in [0.2, 0.25) is 0 Å². The topological polar surface area (TPSA) is 56.5 Å². The fourth-order valence-corrected chi connectivity index (χ4v) is 2.61. The molecule has 0 saturated heterocycles. The van der Waals surface area contributed by atoms with E-state index in [0.717, 1.165) is 23.5 Å². The molecule has 4 heteroatoms. The van der Waals surface area contributed by atoms with Gasteiger partial charge in [0.05, 0.1) is 6.04 Å². The second-order valence-corrected chi connectivity index (χ2v) is 5.25. The van der Waals surface area contributed by atoms with Gasteiger partial charge in [-0.1, -0.05) is 30.3 Å². The first-order chi connectivity index (χ1) is 10.3. The highest BCUT2D eigenvalue weighted by Crippen LogP contribution is 2.33. The van der Waals surface area contributed by atoms with Crippen molar-refractivity contribution in [1.29, 1.82) is 0 Å². The molecule has 1 heterocycles. The third-order valence-electron chi connectivity index (χ3n) is 3.86. The van der Waals surface area contributed by atoms with E-state index in [1.165, 1.54) is 11.1 Å². The number of fused-ring (bicyclic) bond motifs is 1. The molecule has 1 aliphatic rings. The Morgan fingerprint density at radius 2 is 1.86 bits per heavy atom. The minimum atomic E-state index is 0.0435. The van der Waals surface area contributed by atoms with Gasteiger partial charge in [-0.05, 0) is 42.2 Å². The van der Waals surface area contributed by atoms with Crippen LogP contribution in [-0.4, -0.2) is 13.2 Å². The maximum absolute atomic E-state index is 5.76. The summed E-state index contributed by atoms with van der Waals surface area (Å²) in [5.74, 6) is 7.35. The van der Waals surface area contributed by atoms with Gasteiger partial charge in [0.15, 0.2) is 11.5 Å². The zero-order chi connectivity index (χ0) is 14.7. The third-order valence-corrected chi connectivity index (χ3v) is 3.86. The van der Waals surface area contributed by atoms with Crippen molar-refractivity contribution in [2.75, 3.05) is 13.2 Å². The van der Waals surface area contributed by atoms with Gasteiger partial charge in [0.2, 0.25) is 0 Å². The Kier molecular flexibility index (Phi) is 4.08. The van der Waals surface area contributed by atoms with Gasteiger partial charge in [-0.2, -0.15) is 0 Å². The summed E-state index contributed by atoms with van der Waals surface area (Å²) in [6.07, 6.45) is 0.836. The van der Waals surface area contributed by atoms with E-state index in [2.05, 4.69) is 30.5 Å². The normalized spacial score (nSPS) is 14.8. The highest BCUT2D eigenvalue weighted by atomic mass is 16.6. The summed E-state index contributed by atoms with van der Waals surface area (Å²) in [7, 11) is 0. The Morgan fingerprint density at radius 3 is 2.62 bits per heavy atom. The second kappa shape index (κ2) is 6.16. The zero-order valence-electron chi connectivity index (χ0n) is 12.1. The zero-order valence-corrected chi connectivity index (χ0v) is 12.1. The third kappa shape index (κ3) is 3.01. The van der Waals surface area contributed by atoms with Gasteiger partial charge in [0.25, 0.3) is 0 Å². The molecule has 2 aromatic carbocycles. The van der Waals surface area contributed by atoms with E-state index in [-0.39, 0.29) is 6.04 Å². The first kappa shape index (κ1) is 13.9. The van der Waals surface area contributed by atoms with Crippen LogP contribution >= 0.6 is 0 Å². The van der Waals surface area contributed by atoms with Crippen LogP contribution in [0.15, 0.2) is 42.5 Å². The number of nitrogens with two attached hydrogens (primary N) is 1. The van der Waals surface area contributed by atoms with Gasteiger partial charge < -0.3 is 9.47 Å². The molecule has 1 unspecified atom stereocenters. The number of aryl methyl sites for hydroxylation is 1. The summed E-state index contributed by atoms with van der Waals surface area (Å²) in [4.78, 5) is 0. The molecule has 4 nitrogen and oxygen atoms in total. The number of ether oxygens (including phenoxy) is 2. The van der Waals surface area contributed by atoms with Crippen molar-refractivity contribution in [3.05, 3.63) is 59.2 Å². The summed E-state index contributed by atoms with van der Waals surface area (Å²) in [5.41, 5.74) is 6.57. The van der Waals surface area contributed by atoms with Gasteiger partial charge in [-0.3, -0.25) is 11.3 Å². The number of benzene rings is 2. The lowest BCUT2D eigenvalue weighted by molar-refractivity contribution is 0.171. The number of hydrogen-bond donors (Lipinski definition) is 2. The highest BCUT2D eigenvalue weighted by Gasteiger charge is 2.17. The number of rotatable bonds is 4. The van der Waals surface area contributed by atoms with Crippen molar-refractivity contribution in [2.45, 2.75) is 19.4 Å². The Hall–Kier alpha value is -2.04. The molecule has 0 spiro atoms. The fraction of sp³-hybridized carbons (Fsp3) is 0.294. The van der Waals surface area contributed by atoms with Gasteiger partial charge in [-0.15, -0.1) is 0 Å². The van der Waals surface area contributed by atoms with Crippen molar-refractivity contribution in [3.63, 3.8) is 0 Å². The molecule has 0 bridgehead atoms. The number of hydrogen-bond acceptors (Lipinski definition) is 4. The second-order valence-electron chi connectivity index (χ2n) is 5.25. The van der Waals surface area contributed by atoms with Crippen LogP contribution in [0.1, 0.15) is 22.7 Å². The molecule has 0 amide bonds. The summed E-state index contributed by atoms with van der Waals surface area (Å²) < 4.78 is 11.2. The molecule has 3 rings (SSSR count). The van der Waals surface area contributed by atoms with Crippen LogP contribution < -0.4 is 20.7 Å². The van der Waals surface area contributed by atoms with E-state index in [9.17, 15) is 0 Å². The molecule has 0 fully saturated rings. The minimum absolute atomic E-state index is 0.0435. The number of nitrogens with one attached hydrogen (secondary N) is 1. The lowest BCUT2D eigenvalue weighted by Gasteiger charge is -2.22. The van der Waals surface area contributed by atoms with E-state index >= 15 is 0 Å². The Bertz CT molecular complexity index is 628. The van der Waals surface area contributed by atoms with Crippen molar-refractivity contribution >= 4 is 0 Å². The molecule has 3 N–H and O–H groups in total. The maximum atomic E-state index is 5.76. The van der Waals surface area contributed by atoms with Crippen LogP contribution in [0, 0.1) is 6.92 Å². The average molecular weight is 284 g/mol. The standard InChI is InChI=1S/C17H20N2O2/c1-12-4-2-3-5-13(12)10-15(19-18)14-6-7-16-17(11-14)21-9-8-20-16/h2-7,11,15,19H,8-10,18H2,1H3. The van der Waals surface area contributed by atoms with E-state index in [1.54, 1.807) is 0 Å². The van der Waals surface area contributed by atoms with Crippen LogP contribution in [-0.2, 0) is 6.42 Å². The smallest absolute Gasteiger partial charge is 0.161 e. The Balaban J connectivity index is 1.85. The molecule has 1 aliphatic heterocycles. The predicted molar refractivity (Wildman–Crippen MR) is 82.4 cm³/mol. The lowest BCUT2D eigenvalue weighted by atomic mass is 9.96. The predicted octanol–water partition coefficient (Wildman–Crippen LogP) is 2.51.